The van der Waals surface area contributed by atoms with Crippen LogP contribution in [0.4, 0.5) is 0 Å². The molecule has 0 aliphatic heterocycles. The Hall–Kier alpha value is -1.46. The van der Waals surface area contributed by atoms with Gasteiger partial charge in [-0.05, 0) is 38.0 Å². The SMILES string of the molecule is CCNC(c1cc(C)ccc1OC)c1snnc1C. The van der Waals surface area contributed by atoms with E-state index >= 15 is 0 Å². The maximum Gasteiger partial charge on any atom is 0.124 e. The number of aryl methyl sites for hydroxylation is 2. The molecule has 102 valence electrons. The second-order valence-corrected chi connectivity index (χ2v) is 5.24. The fourth-order valence-corrected chi connectivity index (χ4v) is 2.87. The average molecular weight is 277 g/mol. The van der Waals surface area contributed by atoms with Gasteiger partial charge < -0.3 is 10.1 Å². The maximum absolute atomic E-state index is 5.49. The normalized spacial score (nSPS) is 12.4. The standard InChI is InChI=1S/C14H19N3OS/c1-5-15-13(14-10(3)16-17-19-14)11-8-9(2)6-7-12(11)18-4/h6-8,13,15H,5H2,1-4H3. The quantitative estimate of drug-likeness (QED) is 0.913. The number of nitrogens with one attached hydrogen (secondary N) is 1. The highest BCUT2D eigenvalue weighted by atomic mass is 32.1. The van der Waals surface area contributed by atoms with Crippen LogP contribution in [0.25, 0.3) is 0 Å². The van der Waals surface area contributed by atoms with E-state index in [9.17, 15) is 0 Å². The summed E-state index contributed by atoms with van der Waals surface area (Å²) in [6.45, 7) is 7.05. The highest BCUT2D eigenvalue weighted by Crippen LogP contribution is 2.33. The van der Waals surface area contributed by atoms with Crippen molar-refractivity contribution < 1.29 is 4.74 Å². The molecule has 1 N–H and O–H groups in total. The molecular formula is C14H19N3OS. The molecule has 1 aromatic heterocycles. The number of hydrogen-bond donors (Lipinski definition) is 1. The minimum Gasteiger partial charge on any atom is -0.496 e. The molecule has 2 rings (SSSR count). The second-order valence-electron chi connectivity index (χ2n) is 4.46. The van der Waals surface area contributed by atoms with Gasteiger partial charge >= 0.3 is 0 Å². The summed E-state index contributed by atoms with van der Waals surface area (Å²) in [6.07, 6.45) is 0. The molecule has 0 saturated carbocycles. The molecule has 2 aromatic rings. The van der Waals surface area contributed by atoms with Crippen LogP contribution in [0, 0.1) is 13.8 Å². The molecule has 0 amide bonds. The van der Waals surface area contributed by atoms with Gasteiger partial charge in [0.25, 0.3) is 0 Å². The van der Waals surface area contributed by atoms with Crippen LogP contribution in [0.15, 0.2) is 18.2 Å². The first-order valence-electron chi connectivity index (χ1n) is 6.34. The third-order valence-electron chi connectivity index (χ3n) is 3.05. The summed E-state index contributed by atoms with van der Waals surface area (Å²) in [5.41, 5.74) is 3.33. The van der Waals surface area contributed by atoms with E-state index in [0.717, 1.165) is 28.4 Å². The molecule has 1 unspecified atom stereocenters. The van der Waals surface area contributed by atoms with Crippen LogP contribution in [-0.4, -0.2) is 23.2 Å². The van der Waals surface area contributed by atoms with Gasteiger partial charge in [0, 0.05) is 5.56 Å². The van der Waals surface area contributed by atoms with Crippen LogP contribution in [-0.2, 0) is 0 Å². The van der Waals surface area contributed by atoms with E-state index in [1.807, 2.05) is 13.0 Å². The lowest BCUT2D eigenvalue weighted by atomic mass is 10.0. The predicted octanol–water partition coefficient (Wildman–Crippen LogP) is 2.86. The molecule has 1 atom stereocenters. The van der Waals surface area contributed by atoms with E-state index in [4.69, 9.17) is 4.74 Å². The molecule has 19 heavy (non-hydrogen) atoms. The van der Waals surface area contributed by atoms with Crippen molar-refractivity contribution in [2.24, 2.45) is 0 Å². The molecule has 0 aliphatic rings. The Bertz CT molecular complexity index is 553. The maximum atomic E-state index is 5.49. The first kappa shape index (κ1) is 14.0. The van der Waals surface area contributed by atoms with Crippen molar-refractivity contribution in [3.8, 4) is 5.75 Å². The molecule has 0 fully saturated rings. The van der Waals surface area contributed by atoms with E-state index in [1.165, 1.54) is 17.1 Å². The van der Waals surface area contributed by atoms with Crippen molar-refractivity contribution in [1.82, 2.24) is 14.9 Å². The zero-order valence-corrected chi connectivity index (χ0v) is 12.5. The van der Waals surface area contributed by atoms with Gasteiger partial charge in [0.05, 0.1) is 23.7 Å². The van der Waals surface area contributed by atoms with Gasteiger partial charge in [-0.3, -0.25) is 0 Å². The minimum atomic E-state index is 0.0832. The lowest BCUT2D eigenvalue weighted by Crippen LogP contribution is -2.22. The summed E-state index contributed by atoms with van der Waals surface area (Å²) in [5, 5.41) is 7.61. The van der Waals surface area contributed by atoms with Gasteiger partial charge in [0.1, 0.15) is 5.75 Å². The van der Waals surface area contributed by atoms with Crippen molar-refractivity contribution in [2.45, 2.75) is 26.8 Å². The lowest BCUT2D eigenvalue weighted by molar-refractivity contribution is 0.404. The summed E-state index contributed by atoms with van der Waals surface area (Å²) < 4.78 is 9.53. The number of hydrogen-bond acceptors (Lipinski definition) is 5. The van der Waals surface area contributed by atoms with Crippen LogP contribution in [0.1, 0.15) is 34.7 Å². The fourth-order valence-electron chi connectivity index (χ4n) is 2.13. The molecule has 0 spiro atoms. The Morgan fingerprint density at radius 3 is 2.74 bits per heavy atom. The minimum absolute atomic E-state index is 0.0832. The van der Waals surface area contributed by atoms with E-state index in [2.05, 4.69) is 40.9 Å². The topological polar surface area (TPSA) is 47.0 Å². The zero-order chi connectivity index (χ0) is 13.8. The zero-order valence-electron chi connectivity index (χ0n) is 11.7. The van der Waals surface area contributed by atoms with Gasteiger partial charge in [-0.2, -0.15) is 0 Å². The first-order chi connectivity index (χ1) is 9.17. The molecule has 5 heteroatoms. The fraction of sp³-hybridized carbons (Fsp3) is 0.429. The number of benzene rings is 1. The summed E-state index contributed by atoms with van der Waals surface area (Å²) in [6, 6.07) is 6.31. The molecule has 0 aliphatic carbocycles. The average Bonchev–Trinajstić information content (AvgIpc) is 2.82. The summed E-state index contributed by atoms with van der Waals surface area (Å²) in [7, 11) is 1.70. The van der Waals surface area contributed by atoms with Gasteiger partial charge in [-0.1, -0.05) is 29.1 Å². The molecule has 1 aromatic carbocycles. The highest BCUT2D eigenvalue weighted by molar-refractivity contribution is 7.05. The van der Waals surface area contributed by atoms with Gasteiger partial charge in [-0.15, -0.1) is 5.10 Å². The van der Waals surface area contributed by atoms with Crippen LogP contribution in [0.2, 0.25) is 0 Å². The number of methoxy groups -OCH3 is 1. The Balaban J connectivity index is 2.50. The first-order valence-corrected chi connectivity index (χ1v) is 7.11. The van der Waals surface area contributed by atoms with E-state index in [1.54, 1.807) is 7.11 Å². The highest BCUT2D eigenvalue weighted by Gasteiger charge is 2.21. The summed E-state index contributed by atoms with van der Waals surface area (Å²) >= 11 is 1.44. The molecule has 4 nitrogen and oxygen atoms in total. The van der Waals surface area contributed by atoms with E-state index in [0.29, 0.717) is 0 Å². The van der Waals surface area contributed by atoms with Crippen LogP contribution in [0.5, 0.6) is 5.75 Å². The third-order valence-corrected chi connectivity index (χ3v) is 3.94. The Morgan fingerprint density at radius 2 is 2.16 bits per heavy atom. The van der Waals surface area contributed by atoms with Gasteiger partial charge in [-0.25, -0.2) is 0 Å². The summed E-state index contributed by atoms with van der Waals surface area (Å²) in [5.74, 6) is 0.893. The van der Waals surface area contributed by atoms with Crippen molar-refractivity contribution in [3.63, 3.8) is 0 Å². The summed E-state index contributed by atoms with van der Waals surface area (Å²) in [4.78, 5) is 1.14. The predicted molar refractivity (Wildman–Crippen MR) is 77.9 cm³/mol. The van der Waals surface area contributed by atoms with Crippen molar-refractivity contribution in [1.29, 1.82) is 0 Å². The van der Waals surface area contributed by atoms with Crippen molar-refractivity contribution in [2.75, 3.05) is 13.7 Å². The molecule has 0 bridgehead atoms. The van der Waals surface area contributed by atoms with Crippen LogP contribution >= 0.6 is 11.5 Å². The van der Waals surface area contributed by atoms with Gasteiger partial charge in [0.15, 0.2) is 0 Å². The third kappa shape index (κ3) is 2.93. The lowest BCUT2D eigenvalue weighted by Gasteiger charge is -2.20. The van der Waals surface area contributed by atoms with E-state index < -0.39 is 0 Å². The van der Waals surface area contributed by atoms with E-state index in [-0.39, 0.29) is 6.04 Å². The largest absolute Gasteiger partial charge is 0.496 e. The monoisotopic (exact) mass is 277 g/mol. The number of rotatable bonds is 5. The number of ether oxygens (including phenoxy) is 1. The van der Waals surface area contributed by atoms with Crippen LogP contribution in [0.3, 0.4) is 0 Å². The Labute approximate surface area is 118 Å². The molecule has 0 saturated heterocycles. The smallest absolute Gasteiger partial charge is 0.124 e. The van der Waals surface area contributed by atoms with Crippen molar-refractivity contribution >= 4 is 11.5 Å². The number of nitrogens with zero attached hydrogens (tertiary/aromatic N) is 2. The van der Waals surface area contributed by atoms with Crippen LogP contribution < -0.4 is 10.1 Å². The molecular weight excluding hydrogens is 258 g/mol. The Morgan fingerprint density at radius 1 is 1.37 bits per heavy atom. The Kier molecular flexibility index (Phi) is 4.50. The molecule has 0 radical (unpaired) electrons. The number of aromatic nitrogens is 2. The molecule has 1 heterocycles. The van der Waals surface area contributed by atoms with Crippen molar-refractivity contribution in [3.05, 3.63) is 39.9 Å². The van der Waals surface area contributed by atoms with Gasteiger partial charge in [0.2, 0.25) is 0 Å². The second kappa shape index (κ2) is 6.12.